The van der Waals surface area contributed by atoms with Gasteiger partial charge in [-0.3, -0.25) is 9.59 Å². The summed E-state index contributed by atoms with van der Waals surface area (Å²) < 4.78 is 5.58. The van der Waals surface area contributed by atoms with E-state index in [0.29, 0.717) is 32.4 Å². The minimum atomic E-state index is -0.796. The maximum atomic E-state index is 13.2. The van der Waals surface area contributed by atoms with Crippen molar-refractivity contribution in [3.05, 3.63) is 59.7 Å². The van der Waals surface area contributed by atoms with E-state index in [1.54, 1.807) is 4.90 Å². The summed E-state index contributed by atoms with van der Waals surface area (Å²) in [5.74, 6) is -1.20. The Kier molecular flexibility index (Phi) is 7.15. The highest BCUT2D eigenvalue weighted by Crippen LogP contribution is 2.44. The molecule has 1 saturated heterocycles. The van der Waals surface area contributed by atoms with Gasteiger partial charge in [-0.15, -0.1) is 0 Å². The molecule has 2 atom stereocenters. The van der Waals surface area contributed by atoms with Gasteiger partial charge in [-0.2, -0.15) is 0 Å². The number of alkyl carbamates (subject to hydrolysis) is 1. The standard InChI is InChI=1S/C28H34N2O5/c1-18-16-19(25(31)32)12-15-30(18)26(33)28(2,3)13-14-29-27(34)35-17-24-22-10-6-4-8-20(22)21-9-5-7-11-23(21)24/h4-11,18-19,24H,12-17H2,1-3H3,(H,29,34)(H,31,32)/t18-,19-/m0/s1. The van der Waals surface area contributed by atoms with E-state index in [9.17, 15) is 19.5 Å². The lowest BCUT2D eigenvalue weighted by molar-refractivity contribution is -0.151. The van der Waals surface area contributed by atoms with Crippen molar-refractivity contribution in [3.8, 4) is 11.1 Å². The quantitative estimate of drug-likeness (QED) is 0.604. The first kappa shape index (κ1) is 24.8. The van der Waals surface area contributed by atoms with Gasteiger partial charge in [0.15, 0.2) is 0 Å². The van der Waals surface area contributed by atoms with Crippen LogP contribution in [0.2, 0.25) is 0 Å². The number of benzene rings is 2. The zero-order chi connectivity index (χ0) is 25.2. The summed E-state index contributed by atoms with van der Waals surface area (Å²) in [6, 6.07) is 16.3. The average molecular weight is 479 g/mol. The number of likely N-dealkylation sites (tertiary alicyclic amines) is 1. The number of rotatable bonds is 7. The molecule has 1 aliphatic carbocycles. The van der Waals surface area contributed by atoms with E-state index in [-0.39, 0.29) is 24.5 Å². The van der Waals surface area contributed by atoms with Crippen LogP contribution in [-0.2, 0) is 14.3 Å². The van der Waals surface area contributed by atoms with Crippen molar-refractivity contribution in [2.75, 3.05) is 19.7 Å². The number of hydrogen-bond acceptors (Lipinski definition) is 4. The molecule has 2 amide bonds. The summed E-state index contributed by atoms with van der Waals surface area (Å²) in [6.45, 7) is 6.64. The van der Waals surface area contributed by atoms with Crippen molar-refractivity contribution in [2.45, 2.75) is 52.0 Å². The number of nitrogens with one attached hydrogen (secondary N) is 1. The van der Waals surface area contributed by atoms with Gasteiger partial charge >= 0.3 is 12.1 Å². The number of piperidine rings is 1. The average Bonchev–Trinajstić information content (AvgIpc) is 3.16. The number of carbonyl (C=O) groups excluding carboxylic acids is 2. The number of hydrogen-bond donors (Lipinski definition) is 2. The van der Waals surface area contributed by atoms with Gasteiger partial charge < -0.3 is 20.1 Å². The molecule has 0 spiro atoms. The number of carbonyl (C=O) groups is 3. The first-order valence-electron chi connectivity index (χ1n) is 12.3. The summed E-state index contributed by atoms with van der Waals surface area (Å²) in [6.07, 6.45) is 0.904. The molecule has 4 rings (SSSR count). The van der Waals surface area contributed by atoms with Gasteiger partial charge in [-0.25, -0.2) is 4.79 Å². The van der Waals surface area contributed by atoms with E-state index in [2.05, 4.69) is 29.6 Å². The van der Waals surface area contributed by atoms with Crippen LogP contribution in [0.4, 0.5) is 4.79 Å². The molecule has 2 aromatic rings. The summed E-state index contributed by atoms with van der Waals surface area (Å²) in [7, 11) is 0. The lowest BCUT2D eigenvalue weighted by atomic mass is 9.84. The number of carboxylic acids is 1. The van der Waals surface area contributed by atoms with Gasteiger partial charge in [-0.05, 0) is 48.4 Å². The Labute approximate surface area is 206 Å². The van der Waals surface area contributed by atoms with Crippen molar-refractivity contribution >= 4 is 18.0 Å². The van der Waals surface area contributed by atoms with Gasteiger partial charge in [0.25, 0.3) is 0 Å². The Bertz CT molecular complexity index is 1070. The molecule has 2 aliphatic rings. The number of nitrogens with zero attached hydrogens (tertiary/aromatic N) is 1. The molecule has 2 aromatic carbocycles. The third-order valence-corrected chi connectivity index (χ3v) is 7.43. The van der Waals surface area contributed by atoms with Crippen molar-refractivity contribution in [1.82, 2.24) is 10.2 Å². The highest BCUT2D eigenvalue weighted by Gasteiger charge is 2.38. The second kappa shape index (κ2) is 10.1. The highest BCUT2D eigenvalue weighted by molar-refractivity contribution is 5.83. The molecular formula is C28H34N2O5. The fourth-order valence-corrected chi connectivity index (χ4v) is 5.32. The third kappa shape index (κ3) is 5.19. The monoisotopic (exact) mass is 478 g/mol. The molecular weight excluding hydrogens is 444 g/mol. The fraction of sp³-hybridized carbons (Fsp3) is 0.464. The Morgan fingerprint density at radius 2 is 1.66 bits per heavy atom. The molecule has 0 aromatic heterocycles. The normalized spacial score (nSPS) is 19.6. The van der Waals surface area contributed by atoms with E-state index in [4.69, 9.17) is 4.74 Å². The van der Waals surface area contributed by atoms with Crippen LogP contribution in [-0.4, -0.2) is 53.7 Å². The van der Waals surface area contributed by atoms with Crippen molar-refractivity contribution < 1.29 is 24.2 Å². The highest BCUT2D eigenvalue weighted by atomic mass is 16.5. The van der Waals surface area contributed by atoms with Crippen LogP contribution in [0, 0.1) is 11.3 Å². The predicted octanol–water partition coefficient (Wildman–Crippen LogP) is 4.65. The van der Waals surface area contributed by atoms with Crippen LogP contribution in [0.15, 0.2) is 48.5 Å². The van der Waals surface area contributed by atoms with Crippen molar-refractivity contribution in [2.24, 2.45) is 11.3 Å². The van der Waals surface area contributed by atoms with Crippen LogP contribution < -0.4 is 5.32 Å². The van der Waals surface area contributed by atoms with E-state index in [0.717, 1.165) is 11.1 Å². The summed E-state index contributed by atoms with van der Waals surface area (Å²) in [4.78, 5) is 38.7. The molecule has 7 heteroatoms. The topological polar surface area (TPSA) is 95.9 Å². The van der Waals surface area contributed by atoms with Crippen molar-refractivity contribution in [1.29, 1.82) is 0 Å². The molecule has 0 unspecified atom stereocenters. The maximum Gasteiger partial charge on any atom is 0.407 e. The Morgan fingerprint density at radius 3 is 2.23 bits per heavy atom. The second-order valence-corrected chi connectivity index (χ2v) is 10.3. The molecule has 35 heavy (non-hydrogen) atoms. The van der Waals surface area contributed by atoms with E-state index in [1.807, 2.05) is 45.0 Å². The van der Waals surface area contributed by atoms with Gasteiger partial charge in [0.1, 0.15) is 6.61 Å². The molecule has 0 bridgehead atoms. The SMILES string of the molecule is C[C@H]1C[C@@H](C(=O)O)CCN1C(=O)C(C)(C)CCNC(=O)OCC1c2ccccc2-c2ccccc21. The van der Waals surface area contributed by atoms with Crippen LogP contribution in [0.5, 0.6) is 0 Å². The molecule has 7 nitrogen and oxygen atoms in total. The molecule has 1 fully saturated rings. The van der Waals surface area contributed by atoms with E-state index < -0.39 is 23.4 Å². The van der Waals surface area contributed by atoms with Crippen LogP contribution in [0.25, 0.3) is 11.1 Å². The Balaban J connectivity index is 1.27. The number of ether oxygens (including phenoxy) is 1. The molecule has 0 radical (unpaired) electrons. The number of fused-ring (bicyclic) bond motifs is 3. The van der Waals surface area contributed by atoms with Crippen LogP contribution in [0.1, 0.15) is 57.1 Å². The predicted molar refractivity (Wildman–Crippen MR) is 133 cm³/mol. The largest absolute Gasteiger partial charge is 0.481 e. The molecule has 2 N–H and O–H groups in total. The van der Waals surface area contributed by atoms with Crippen LogP contribution >= 0.6 is 0 Å². The summed E-state index contributed by atoms with van der Waals surface area (Å²) >= 11 is 0. The third-order valence-electron chi connectivity index (χ3n) is 7.43. The minimum Gasteiger partial charge on any atom is -0.481 e. The second-order valence-electron chi connectivity index (χ2n) is 10.3. The number of aliphatic carboxylic acids is 1. The molecule has 1 heterocycles. The van der Waals surface area contributed by atoms with Gasteiger partial charge in [0, 0.05) is 30.5 Å². The summed E-state index contributed by atoms with van der Waals surface area (Å²) in [5.41, 5.74) is 4.00. The lowest BCUT2D eigenvalue weighted by Crippen LogP contribution is -2.51. The van der Waals surface area contributed by atoms with Crippen LogP contribution in [0.3, 0.4) is 0 Å². The smallest absolute Gasteiger partial charge is 0.407 e. The Hall–Kier alpha value is -3.35. The maximum absolute atomic E-state index is 13.2. The lowest BCUT2D eigenvalue weighted by Gasteiger charge is -2.40. The fourth-order valence-electron chi connectivity index (χ4n) is 5.32. The van der Waals surface area contributed by atoms with E-state index in [1.165, 1.54) is 11.1 Å². The van der Waals surface area contributed by atoms with Gasteiger partial charge in [0.05, 0.1) is 5.92 Å². The van der Waals surface area contributed by atoms with Gasteiger partial charge in [-0.1, -0.05) is 62.4 Å². The molecule has 1 aliphatic heterocycles. The molecule has 0 saturated carbocycles. The Morgan fingerprint density at radius 1 is 1.06 bits per heavy atom. The number of amides is 2. The first-order valence-corrected chi connectivity index (χ1v) is 12.3. The molecule has 186 valence electrons. The summed E-state index contributed by atoms with van der Waals surface area (Å²) in [5, 5.41) is 12.1. The van der Waals surface area contributed by atoms with E-state index >= 15 is 0 Å². The first-order chi connectivity index (χ1) is 16.7. The minimum absolute atomic E-state index is 0.00128. The van der Waals surface area contributed by atoms with Gasteiger partial charge in [0.2, 0.25) is 5.91 Å². The number of carboxylic acid groups (broad SMARTS) is 1. The van der Waals surface area contributed by atoms with Crippen molar-refractivity contribution in [3.63, 3.8) is 0 Å². The zero-order valence-electron chi connectivity index (χ0n) is 20.6. The zero-order valence-corrected chi connectivity index (χ0v) is 20.6.